The Bertz CT molecular complexity index is 1090. The van der Waals surface area contributed by atoms with Crippen LogP contribution < -0.4 is 4.90 Å². The zero-order chi connectivity index (χ0) is 22.0. The monoisotopic (exact) mass is 530 g/mol. The molecule has 0 N–H and O–H groups in total. The van der Waals surface area contributed by atoms with Gasteiger partial charge >= 0.3 is 0 Å². The first-order valence-corrected chi connectivity index (χ1v) is 13.7. The molecule has 4 aliphatic rings. The molecule has 3 atom stereocenters. The molecule has 5 nitrogen and oxygen atoms in total. The molecule has 31 heavy (non-hydrogen) atoms. The van der Waals surface area contributed by atoms with Crippen LogP contribution in [0.3, 0.4) is 0 Å². The summed E-state index contributed by atoms with van der Waals surface area (Å²) in [6, 6.07) is 7.95. The lowest BCUT2D eigenvalue weighted by molar-refractivity contribution is 0.0940. The Labute approximate surface area is 192 Å². The number of alkyl halides is 3. The van der Waals surface area contributed by atoms with Crippen molar-refractivity contribution in [3.8, 4) is 0 Å². The number of thioether (sulfide) groups is 1. The Morgan fingerprint density at radius 1 is 1.19 bits per heavy atom. The van der Waals surface area contributed by atoms with E-state index in [9.17, 15) is 22.0 Å². The van der Waals surface area contributed by atoms with Gasteiger partial charge < -0.3 is 9.80 Å². The SMILES string of the molecule is O=C1SC2C(=CC=C(c3cccc(N4CCS(=O)(=O)CC4)c3)[C@H]2Br)N1CC1CC1(F)F. The fourth-order valence-corrected chi connectivity index (χ4v) is 7.62. The Kier molecular flexibility index (Phi) is 5.25. The van der Waals surface area contributed by atoms with Crippen LogP contribution in [-0.4, -0.2) is 65.7 Å². The van der Waals surface area contributed by atoms with E-state index in [-0.39, 0.29) is 39.8 Å². The number of benzene rings is 1. The molecule has 0 radical (unpaired) electrons. The molecule has 2 heterocycles. The van der Waals surface area contributed by atoms with Gasteiger partial charge in [0.15, 0.2) is 9.84 Å². The van der Waals surface area contributed by atoms with Gasteiger partial charge in [-0.2, -0.15) is 0 Å². The highest BCUT2D eigenvalue weighted by Crippen LogP contribution is 2.52. The Morgan fingerprint density at radius 3 is 2.58 bits per heavy atom. The first-order valence-electron chi connectivity index (χ1n) is 10.1. The maximum atomic E-state index is 13.4. The van der Waals surface area contributed by atoms with Crippen molar-refractivity contribution in [3.63, 3.8) is 0 Å². The third-order valence-electron chi connectivity index (χ3n) is 6.30. The van der Waals surface area contributed by atoms with Gasteiger partial charge in [-0.25, -0.2) is 17.2 Å². The normalized spacial score (nSPS) is 31.2. The number of amides is 1. The van der Waals surface area contributed by atoms with E-state index in [1.807, 2.05) is 36.4 Å². The zero-order valence-corrected chi connectivity index (χ0v) is 19.7. The van der Waals surface area contributed by atoms with Crippen LogP contribution in [0.4, 0.5) is 19.3 Å². The van der Waals surface area contributed by atoms with E-state index in [4.69, 9.17) is 0 Å². The number of hydrogen-bond donors (Lipinski definition) is 0. The van der Waals surface area contributed by atoms with E-state index in [1.54, 1.807) is 0 Å². The van der Waals surface area contributed by atoms with Crippen molar-refractivity contribution in [2.45, 2.75) is 22.4 Å². The molecule has 0 bridgehead atoms. The second-order valence-corrected chi connectivity index (χ2v) is 12.8. The molecule has 1 aromatic rings. The summed E-state index contributed by atoms with van der Waals surface area (Å²) in [6.07, 6.45) is 3.67. The van der Waals surface area contributed by atoms with Crippen molar-refractivity contribution >= 4 is 54.0 Å². The van der Waals surface area contributed by atoms with Crippen molar-refractivity contribution in [2.75, 3.05) is 36.0 Å². The number of carbonyl (C=O) groups is 1. The van der Waals surface area contributed by atoms with Gasteiger partial charge in [0.05, 0.1) is 21.6 Å². The molecule has 2 saturated heterocycles. The zero-order valence-electron chi connectivity index (χ0n) is 16.5. The maximum Gasteiger partial charge on any atom is 0.286 e. The van der Waals surface area contributed by atoms with Gasteiger partial charge in [0.1, 0.15) is 0 Å². The minimum absolute atomic E-state index is 0.0669. The summed E-state index contributed by atoms with van der Waals surface area (Å²) >= 11 is 4.92. The molecule has 3 fully saturated rings. The van der Waals surface area contributed by atoms with Gasteiger partial charge in [-0.05, 0) is 29.3 Å². The van der Waals surface area contributed by atoms with E-state index < -0.39 is 21.7 Å². The fraction of sp³-hybridized carbons (Fsp3) is 0.476. The summed E-state index contributed by atoms with van der Waals surface area (Å²) in [7, 11) is -2.95. The van der Waals surface area contributed by atoms with Gasteiger partial charge in [-0.1, -0.05) is 45.9 Å². The largest absolute Gasteiger partial charge is 0.369 e. The number of allylic oxidation sites excluding steroid dienone is 3. The molecule has 1 aromatic carbocycles. The number of fused-ring (bicyclic) bond motifs is 1. The number of halogens is 3. The number of nitrogens with zero attached hydrogens (tertiary/aromatic N) is 2. The van der Waals surface area contributed by atoms with Crippen LogP contribution in [0.15, 0.2) is 42.1 Å². The summed E-state index contributed by atoms with van der Waals surface area (Å²) in [5.41, 5.74) is 3.75. The molecule has 0 aromatic heterocycles. The van der Waals surface area contributed by atoms with E-state index >= 15 is 0 Å². The van der Waals surface area contributed by atoms with Gasteiger partial charge in [0.25, 0.3) is 11.2 Å². The van der Waals surface area contributed by atoms with Crippen LogP contribution in [0.5, 0.6) is 0 Å². The Morgan fingerprint density at radius 2 is 1.90 bits per heavy atom. The topological polar surface area (TPSA) is 57.7 Å². The molecule has 2 aliphatic carbocycles. The third-order valence-corrected chi connectivity index (χ3v) is 10.5. The molecule has 2 unspecified atom stereocenters. The number of carbonyl (C=O) groups excluding carboxylic acids is 1. The van der Waals surface area contributed by atoms with Crippen LogP contribution in [0.2, 0.25) is 0 Å². The Hall–Kier alpha value is -1.39. The van der Waals surface area contributed by atoms with Crippen LogP contribution >= 0.6 is 27.7 Å². The first-order chi connectivity index (χ1) is 14.6. The second kappa shape index (κ2) is 7.59. The second-order valence-electron chi connectivity index (χ2n) is 8.38. The Balaban J connectivity index is 1.38. The predicted molar refractivity (Wildman–Crippen MR) is 123 cm³/mol. The van der Waals surface area contributed by atoms with Crippen LogP contribution in [-0.2, 0) is 9.84 Å². The van der Waals surface area contributed by atoms with Gasteiger partial charge in [0.2, 0.25) is 0 Å². The molecule has 1 amide bonds. The summed E-state index contributed by atoms with van der Waals surface area (Å²) in [5, 5.41) is -0.343. The quantitative estimate of drug-likeness (QED) is 0.547. The summed E-state index contributed by atoms with van der Waals surface area (Å²) < 4.78 is 50.2. The average molecular weight is 531 g/mol. The van der Waals surface area contributed by atoms with Crippen molar-refractivity contribution in [2.24, 2.45) is 5.92 Å². The average Bonchev–Trinajstić information content (AvgIpc) is 3.20. The standard InChI is InChI=1S/C21H21BrF2N2O3S2/c22-18-16(13-2-1-3-15(10-13)25-6-8-31(28,29)9-7-25)4-5-17-19(18)30-20(27)26(17)12-14-11-21(14,23)24/h1-5,10,14,18-19H,6-9,11-12H2/t14?,18-,19?/m1/s1. The summed E-state index contributed by atoms with van der Waals surface area (Å²) in [4.78, 5) is 16.0. The summed E-state index contributed by atoms with van der Waals surface area (Å²) in [6.45, 7) is 1.01. The van der Waals surface area contributed by atoms with E-state index in [0.29, 0.717) is 13.1 Å². The van der Waals surface area contributed by atoms with Gasteiger partial charge in [-0.15, -0.1) is 0 Å². The van der Waals surface area contributed by atoms with Crippen molar-refractivity contribution in [3.05, 3.63) is 47.7 Å². The molecule has 1 saturated carbocycles. The van der Waals surface area contributed by atoms with Gasteiger partial charge in [0, 0.05) is 43.4 Å². The van der Waals surface area contributed by atoms with E-state index in [0.717, 1.165) is 22.5 Å². The molecule has 5 rings (SSSR count). The molecule has 2 aliphatic heterocycles. The van der Waals surface area contributed by atoms with Gasteiger partial charge in [-0.3, -0.25) is 4.79 Å². The fourth-order valence-electron chi connectivity index (χ4n) is 4.29. The molecular weight excluding hydrogens is 510 g/mol. The number of sulfone groups is 1. The highest BCUT2D eigenvalue weighted by atomic mass is 79.9. The van der Waals surface area contributed by atoms with Crippen molar-refractivity contribution in [1.29, 1.82) is 0 Å². The third kappa shape index (κ3) is 4.06. The van der Waals surface area contributed by atoms with Crippen LogP contribution in [0.25, 0.3) is 5.57 Å². The van der Waals surface area contributed by atoms with E-state index in [1.165, 1.54) is 16.7 Å². The van der Waals surface area contributed by atoms with Crippen molar-refractivity contribution in [1.82, 2.24) is 4.90 Å². The lowest BCUT2D eigenvalue weighted by atomic mass is 9.94. The first kappa shape index (κ1) is 21.5. The summed E-state index contributed by atoms with van der Waals surface area (Å²) in [5.74, 6) is -3.09. The predicted octanol–water partition coefficient (Wildman–Crippen LogP) is 4.16. The molecule has 166 valence electrons. The lowest BCUT2D eigenvalue weighted by Gasteiger charge is -2.30. The van der Waals surface area contributed by atoms with Crippen LogP contribution in [0, 0.1) is 5.92 Å². The maximum absolute atomic E-state index is 13.4. The highest BCUT2D eigenvalue weighted by Gasteiger charge is 2.58. The minimum atomic E-state index is -2.95. The highest BCUT2D eigenvalue weighted by molar-refractivity contribution is 9.10. The molecule has 10 heteroatoms. The van der Waals surface area contributed by atoms with Crippen LogP contribution in [0.1, 0.15) is 12.0 Å². The molecule has 0 spiro atoms. The minimum Gasteiger partial charge on any atom is -0.369 e. The van der Waals surface area contributed by atoms with Crippen molar-refractivity contribution < 1.29 is 22.0 Å². The number of hydrogen-bond acceptors (Lipinski definition) is 5. The van der Waals surface area contributed by atoms with E-state index in [2.05, 4.69) is 20.8 Å². The lowest BCUT2D eigenvalue weighted by Crippen LogP contribution is -2.40. The molecular formula is C21H21BrF2N2O3S2. The number of anilines is 1. The number of rotatable bonds is 4. The smallest absolute Gasteiger partial charge is 0.286 e.